The highest BCUT2D eigenvalue weighted by Gasteiger charge is 2.24. The summed E-state index contributed by atoms with van der Waals surface area (Å²) in [7, 11) is 0.949. The molecule has 3 heterocycles. The number of fused-ring (bicyclic) bond motifs is 1. The predicted molar refractivity (Wildman–Crippen MR) is 159 cm³/mol. The van der Waals surface area contributed by atoms with E-state index >= 15 is 0 Å². The van der Waals surface area contributed by atoms with Gasteiger partial charge in [-0.25, -0.2) is 0 Å². The highest BCUT2D eigenvalue weighted by Crippen LogP contribution is 2.22. The van der Waals surface area contributed by atoms with Gasteiger partial charge in [-0.1, -0.05) is 30.3 Å². The van der Waals surface area contributed by atoms with Gasteiger partial charge in [-0.15, -0.1) is 0 Å². The number of para-hydroxylation sites is 1. The summed E-state index contributed by atoms with van der Waals surface area (Å²) in [5.41, 5.74) is 7.22. The van der Waals surface area contributed by atoms with Crippen LogP contribution in [0.3, 0.4) is 0 Å². The first-order chi connectivity index (χ1) is 20.8. The van der Waals surface area contributed by atoms with Gasteiger partial charge >= 0.3 is 6.61 Å². The third kappa shape index (κ3) is 12.7. The van der Waals surface area contributed by atoms with Gasteiger partial charge in [0.05, 0.1) is 13.0 Å². The lowest BCUT2D eigenvalue weighted by atomic mass is 10.1. The fraction of sp³-hybridized carbons (Fsp3) is 0.290. The molecule has 0 spiro atoms. The molecule has 0 bridgehead atoms. The largest absolute Gasteiger partial charge is 0.457 e. The Balaban J connectivity index is 0.000000259. The van der Waals surface area contributed by atoms with Crippen LogP contribution in [0, 0.1) is 0 Å². The number of carbonyl (C=O) groups is 3. The molecule has 4 aromatic rings. The molecule has 1 fully saturated rings. The molecule has 1 unspecified atom stereocenters. The summed E-state index contributed by atoms with van der Waals surface area (Å²) in [5.74, 6) is 1.83. The van der Waals surface area contributed by atoms with Gasteiger partial charge < -0.3 is 30.4 Å². The van der Waals surface area contributed by atoms with Crippen molar-refractivity contribution in [2.24, 2.45) is 5.73 Å². The molecule has 0 radical (unpaired) electrons. The molecule has 1 aliphatic rings. The number of nitrogens with zero attached hydrogens (tertiary/aromatic N) is 2. The van der Waals surface area contributed by atoms with Crippen molar-refractivity contribution in [3.63, 3.8) is 0 Å². The summed E-state index contributed by atoms with van der Waals surface area (Å²) in [5, 5.41) is 3.65. The molecule has 0 aliphatic carbocycles. The summed E-state index contributed by atoms with van der Waals surface area (Å²) >= 11 is 0. The van der Waals surface area contributed by atoms with Crippen LogP contribution in [-0.4, -0.2) is 59.9 Å². The van der Waals surface area contributed by atoms with Crippen LogP contribution in [0.1, 0.15) is 31.0 Å². The summed E-state index contributed by atoms with van der Waals surface area (Å²) in [6.07, 6.45) is 7.16. The van der Waals surface area contributed by atoms with Crippen LogP contribution in [0.25, 0.3) is 10.9 Å². The summed E-state index contributed by atoms with van der Waals surface area (Å²) in [6, 6.07) is 21.7. The third-order valence-electron chi connectivity index (χ3n) is 6.16. The average molecular weight is 598 g/mol. The first-order valence-corrected chi connectivity index (χ1v) is 13.5. The van der Waals surface area contributed by atoms with Crippen LogP contribution in [0.2, 0.25) is 0 Å². The second kappa shape index (κ2) is 19.3. The Morgan fingerprint density at radius 1 is 1.14 bits per heavy atom. The van der Waals surface area contributed by atoms with Crippen molar-refractivity contribution in [2.75, 3.05) is 13.7 Å². The first-order valence-electron chi connectivity index (χ1n) is 13.5. The number of aromatic amines is 1. The second-order valence-electron chi connectivity index (χ2n) is 9.20. The number of hydrogen-bond acceptors (Lipinski definition) is 6. The molecule has 12 heteroatoms. The summed E-state index contributed by atoms with van der Waals surface area (Å²) in [4.78, 5) is 40.1. The number of alkyl halides is 2. The lowest BCUT2D eigenvalue weighted by Crippen LogP contribution is -2.34. The number of methoxy groups -OCH3 is 1. The number of nitrogens with one attached hydrogen (secondary N) is 2. The van der Waals surface area contributed by atoms with Gasteiger partial charge in [0, 0.05) is 48.7 Å². The molecular weight excluding hydrogens is 560 g/mol. The Morgan fingerprint density at radius 3 is 2.35 bits per heavy atom. The van der Waals surface area contributed by atoms with E-state index in [1.54, 1.807) is 12.4 Å². The minimum Gasteiger partial charge on any atom is -0.457 e. The Kier molecular flexibility index (Phi) is 15.4. The fourth-order valence-corrected chi connectivity index (χ4v) is 4.16. The number of nitrogens with two attached hydrogens (primary N) is 1. The molecule has 0 saturated carbocycles. The van der Waals surface area contributed by atoms with Crippen LogP contribution in [0.15, 0.2) is 79.1 Å². The molecule has 10 nitrogen and oxygen atoms in total. The number of hydrogen-bond donors (Lipinski definition) is 3. The molecule has 230 valence electrons. The minimum atomic E-state index is -2.62. The topological polar surface area (TPSA) is 140 Å². The van der Waals surface area contributed by atoms with Crippen LogP contribution >= 0.6 is 0 Å². The molecule has 2 aromatic heterocycles. The number of pyridine rings is 1. The molecule has 5 rings (SSSR count). The molecule has 1 saturated heterocycles. The molecule has 43 heavy (non-hydrogen) atoms. The first kappa shape index (κ1) is 34.4. The number of carbonyl (C=O) groups excluding carboxylic acids is 3. The zero-order valence-electron chi connectivity index (χ0n) is 24.1. The highest BCUT2D eigenvalue weighted by molar-refractivity contribution is 5.79. The maximum absolute atomic E-state index is 12.3. The number of H-pyrrole nitrogens is 1. The number of likely N-dealkylation sites (tertiary alicyclic amines) is 1. The van der Waals surface area contributed by atoms with Gasteiger partial charge in [0.25, 0.3) is 0 Å². The molecular formula is C31H37F2N5O5. The Hall–Kier alpha value is -4.84. The summed E-state index contributed by atoms with van der Waals surface area (Å²) < 4.78 is 30.3. The fourth-order valence-electron chi connectivity index (χ4n) is 4.16. The maximum Gasteiger partial charge on any atom is 0.345 e. The lowest BCUT2D eigenvalue weighted by Gasteiger charge is -2.21. The van der Waals surface area contributed by atoms with Gasteiger partial charge in [-0.2, -0.15) is 8.78 Å². The van der Waals surface area contributed by atoms with Gasteiger partial charge in [0.2, 0.25) is 18.7 Å². The van der Waals surface area contributed by atoms with Crippen molar-refractivity contribution >= 4 is 29.6 Å². The third-order valence-corrected chi connectivity index (χ3v) is 6.16. The normalized spacial score (nSPS) is 13.4. The average Bonchev–Trinajstić information content (AvgIpc) is 3.64. The highest BCUT2D eigenvalue weighted by atomic mass is 19.3. The number of benzene rings is 2. The molecule has 2 aromatic carbocycles. The van der Waals surface area contributed by atoms with E-state index in [2.05, 4.69) is 32.7 Å². The quantitative estimate of drug-likeness (QED) is 0.250. The number of aromatic nitrogens is 2. The van der Waals surface area contributed by atoms with E-state index in [0.717, 1.165) is 60.2 Å². The van der Waals surface area contributed by atoms with Crippen LogP contribution in [0.5, 0.6) is 11.5 Å². The van der Waals surface area contributed by atoms with Crippen LogP contribution in [-0.2, 0) is 32.1 Å². The Morgan fingerprint density at radius 2 is 1.79 bits per heavy atom. The van der Waals surface area contributed by atoms with Crippen molar-refractivity contribution in [3.8, 4) is 11.5 Å². The molecule has 3 amide bonds. The van der Waals surface area contributed by atoms with E-state index in [-0.39, 0.29) is 12.3 Å². The van der Waals surface area contributed by atoms with Crippen molar-refractivity contribution < 1.29 is 32.6 Å². The molecule has 1 atom stereocenters. The van der Waals surface area contributed by atoms with E-state index in [0.29, 0.717) is 25.4 Å². The monoisotopic (exact) mass is 597 g/mol. The Bertz CT molecular complexity index is 1340. The number of rotatable bonds is 8. The Labute approximate surface area is 249 Å². The number of primary amides is 1. The zero-order chi connectivity index (χ0) is 31.5. The number of ether oxygens (including phenoxy) is 2. The van der Waals surface area contributed by atoms with E-state index in [1.165, 1.54) is 0 Å². The van der Waals surface area contributed by atoms with Crippen LogP contribution in [0.4, 0.5) is 8.78 Å². The van der Waals surface area contributed by atoms with Crippen molar-refractivity contribution in [3.05, 3.63) is 90.4 Å². The zero-order valence-corrected chi connectivity index (χ0v) is 24.1. The molecule has 4 N–H and O–H groups in total. The SMILES string of the molecule is CC1CCCN1C(=O)Cc1ccc(Oc2ccccc2)cc1.COC(F)F.NC=O.O=CNCc1cc2cnccc2[nH]1. The lowest BCUT2D eigenvalue weighted by molar-refractivity contribution is -0.131. The van der Waals surface area contributed by atoms with Gasteiger partial charge in [-0.3, -0.25) is 19.4 Å². The number of halogens is 2. The smallest absolute Gasteiger partial charge is 0.345 e. The predicted octanol–water partition coefficient (Wildman–Crippen LogP) is 4.80. The number of amides is 3. The minimum absolute atomic E-state index is 0.224. The van der Waals surface area contributed by atoms with Gasteiger partial charge in [0.15, 0.2) is 0 Å². The van der Waals surface area contributed by atoms with Gasteiger partial charge in [-0.05, 0) is 61.7 Å². The maximum atomic E-state index is 12.3. The van der Waals surface area contributed by atoms with Crippen molar-refractivity contribution in [1.29, 1.82) is 0 Å². The second-order valence-corrected chi connectivity index (χ2v) is 9.20. The van der Waals surface area contributed by atoms with E-state index in [4.69, 9.17) is 9.53 Å². The molecule has 1 aliphatic heterocycles. The van der Waals surface area contributed by atoms with Crippen molar-refractivity contribution in [1.82, 2.24) is 20.2 Å². The van der Waals surface area contributed by atoms with E-state index < -0.39 is 6.61 Å². The van der Waals surface area contributed by atoms with E-state index in [9.17, 15) is 18.4 Å². The summed E-state index contributed by atoms with van der Waals surface area (Å²) in [6.45, 7) is 0.935. The standard InChI is InChI=1S/C19H21NO2.C9H9N3O.C2H4F2O.CH3NO/c1-15-6-5-13-20(15)19(21)14-16-9-11-18(12-10-16)22-17-7-3-2-4-8-17;13-6-11-5-8-3-7-4-10-2-1-9(7)12-8;1-5-2(3)4;2-1-3/h2-4,7-12,15H,5-6,13-14H2,1H3;1-4,6,12H,5H2,(H,11,13);2H,1H3;1H,(H2,2,3). The van der Waals surface area contributed by atoms with Crippen LogP contribution < -0.4 is 15.8 Å². The van der Waals surface area contributed by atoms with Gasteiger partial charge in [0.1, 0.15) is 11.5 Å². The van der Waals surface area contributed by atoms with Crippen molar-refractivity contribution in [2.45, 2.75) is 45.4 Å². The van der Waals surface area contributed by atoms with E-state index in [1.807, 2.05) is 71.6 Å².